The molecule has 3 aromatic rings. The van der Waals surface area contributed by atoms with Crippen molar-refractivity contribution in [2.75, 3.05) is 19.5 Å². The van der Waals surface area contributed by atoms with Crippen molar-refractivity contribution >= 4 is 23.9 Å². The number of carbonyl (C=O) groups excluding carboxylic acids is 1. The van der Waals surface area contributed by atoms with E-state index in [1.54, 1.807) is 25.5 Å². The van der Waals surface area contributed by atoms with E-state index in [2.05, 4.69) is 27.3 Å². The van der Waals surface area contributed by atoms with Gasteiger partial charge in [-0.3, -0.25) is 14.8 Å². The molecule has 2 aromatic carbocycles. The molecule has 0 bridgehead atoms. The first-order valence-electron chi connectivity index (χ1n) is 9.98. The molecule has 1 unspecified atom stereocenters. The van der Waals surface area contributed by atoms with E-state index in [1.807, 2.05) is 43.3 Å². The molecule has 0 aliphatic heterocycles. The van der Waals surface area contributed by atoms with Gasteiger partial charge in [-0.05, 0) is 30.8 Å². The van der Waals surface area contributed by atoms with E-state index in [0.717, 1.165) is 11.1 Å². The molecule has 0 saturated heterocycles. The van der Waals surface area contributed by atoms with E-state index < -0.39 is 11.9 Å². The van der Waals surface area contributed by atoms with Gasteiger partial charge in [-0.15, -0.1) is 0 Å². The Hall–Kier alpha value is -4.00. The van der Waals surface area contributed by atoms with Crippen molar-refractivity contribution in [3.05, 3.63) is 95.2 Å². The maximum atomic E-state index is 14.1. The Bertz CT molecular complexity index is 1150. The fourth-order valence-corrected chi connectivity index (χ4v) is 3.39. The van der Waals surface area contributed by atoms with Crippen LogP contribution < -0.4 is 15.4 Å². The van der Waals surface area contributed by atoms with Crippen LogP contribution in [0.15, 0.2) is 77.7 Å². The molecule has 1 aromatic heterocycles. The molecule has 0 radical (unpaired) electrons. The van der Waals surface area contributed by atoms with Crippen LogP contribution in [0.1, 0.15) is 22.7 Å². The van der Waals surface area contributed by atoms with Crippen molar-refractivity contribution in [1.82, 2.24) is 10.3 Å². The van der Waals surface area contributed by atoms with Crippen molar-refractivity contribution < 1.29 is 13.9 Å². The normalized spacial score (nSPS) is 12.4. The second-order valence-corrected chi connectivity index (χ2v) is 7.11. The fraction of sp³-hybridized carbons (Fsp3) is 0.160. The number of methoxy groups -OCH3 is 1. The summed E-state index contributed by atoms with van der Waals surface area (Å²) in [5.74, 6) is -0.499. The number of pyridine rings is 1. The maximum Gasteiger partial charge on any atom is 0.210 e. The number of Topliss-reactive ketones (excluding diaryl/α,β-unsaturated/α-hetero) is 1. The molecule has 0 amide bonds. The Kier molecular flexibility index (Phi) is 7.33. The summed E-state index contributed by atoms with van der Waals surface area (Å²) < 4.78 is 19.3. The van der Waals surface area contributed by atoms with Gasteiger partial charge in [-0.1, -0.05) is 36.4 Å². The molecular formula is C25H25FN4O2. The minimum atomic E-state index is -0.888. The number of benzene rings is 2. The number of ketones is 1. The van der Waals surface area contributed by atoms with Crippen LogP contribution in [0.3, 0.4) is 0 Å². The molecular weight excluding hydrogens is 407 g/mol. The predicted octanol–water partition coefficient (Wildman–Crippen LogP) is 4.55. The number of nitrogens with one attached hydrogen (secondary N) is 2. The second-order valence-electron chi connectivity index (χ2n) is 7.11. The van der Waals surface area contributed by atoms with Crippen LogP contribution >= 0.6 is 0 Å². The van der Waals surface area contributed by atoms with Gasteiger partial charge in [0.25, 0.3) is 0 Å². The van der Waals surface area contributed by atoms with Crippen molar-refractivity contribution in [1.29, 1.82) is 0 Å². The molecule has 0 spiro atoms. The molecule has 0 saturated carbocycles. The average Bonchev–Trinajstić information content (AvgIpc) is 2.80. The number of rotatable bonds is 9. The van der Waals surface area contributed by atoms with E-state index in [4.69, 9.17) is 4.74 Å². The van der Waals surface area contributed by atoms with Crippen LogP contribution in [0.25, 0.3) is 5.70 Å². The molecule has 0 aliphatic carbocycles. The Morgan fingerprint density at radius 3 is 2.53 bits per heavy atom. The van der Waals surface area contributed by atoms with Gasteiger partial charge in [-0.25, -0.2) is 4.39 Å². The molecule has 1 atom stereocenters. The highest BCUT2D eigenvalue weighted by Gasteiger charge is 2.27. The van der Waals surface area contributed by atoms with Crippen LogP contribution in [0.5, 0.6) is 5.75 Å². The Balaban J connectivity index is 2.12. The first kappa shape index (κ1) is 22.7. The number of hydrogen-bond donors (Lipinski definition) is 2. The summed E-state index contributed by atoms with van der Waals surface area (Å²) in [6.45, 7) is 5.51. The topological polar surface area (TPSA) is 75.6 Å². The lowest BCUT2D eigenvalue weighted by atomic mass is 9.98. The highest BCUT2D eigenvalue weighted by atomic mass is 19.1. The first-order valence-corrected chi connectivity index (χ1v) is 9.98. The van der Waals surface area contributed by atoms with Gasteiger partial charge in [0.15, 0.2) is 0 Å². The SMILES string of the molecule is C=N/C(C(=O)C(Nc1cc(F)cc(OC)c1)c1cncc(C)c1)=C(\NC)c1ccccc1. The van der Waals surface area contributed by atoms with Crippen LogP contribution in [0.4, 0.5) is 10.1 Å². The van der Waals surface area contributed by atoms with E-state index in [9.17, 15) is 9.18 Å². The highest BCUT2D eigenvalue weighted by molar-refractivity contribution is 6.07. The minimum Gasteiger partial charge on any atom is -0.497 e. The summed E-state index contributed by atoms with van der Waals surface area (Å²) >= 11 is 0. The number of anilines is 1. The second kappa shape index (κ2) is 10.3. The molecule has 32 heavy (non-hydrogen) atoms. The molecule has 1 heterocycles. The number of carbonyl (C=O) groups is 1. The lowest BCUT2D eigenvalue weighted by Crippen LogP contribution is -2.25. The molecule has 164 valence electrons. The van der Waals surface area contributed by atoms with Crippen molar-refractivity contribution in [2.45, 2.75) is 13.0 Å². The summed E-state index contributed by atoms with van der Waals surface area (Å²) in [6, 6.07) is 14.5. The quantitative estimate of drug-likeness (QED) is 0.383. The number of halogens is 1. The van der Waals surface area contributed by atoms with Crippen molar-refractivity contribution in [3.63, 3.8) is 0 Å². The Labute approximate surface area is 186 Å². The number of nitrogens with zero attached hydrogens (tertiary/aromatic N) is 2. The zero-order valence-electron chi connectivity index (χ0n) is 18.2. The third-order valence-electron chi connectivity index (χ3n) is 4.85. The zero-order chi connectivity index (χ0) is 23.1. The van der Waals surface area contributed by atoms with Crippen LogP contribution in [-0.2, 0) is 4.79 Å². The monoisotopic (exact) mass is 432 g/mol. The molecule has 0 aliphatic rings. The zero-order valence-corrected chi connectivity index (χ0v) is 18.2. The largest absolute Gasteiger partial charge is 0.497 e. The number of hydrogen-bond acceptors (Lipinski definition) is 6. The van der Waals surface area contributed by atoms with Crippen LogP contribution in [0, 0.1) is 12.7 Å². The summed E-state index contributed by atoms with van der Waals surface area (Å²) in [5.41, 5.74) is 3.36. The summed E-state index contributed by atoms with van der Waals surface area (Å²) in [6.07, 6.45) is 3.29. The van der Waals surface area contributed by atoms with Crippen molar-refractivity contribution in [3.8, 4) is 5.75 Å². The van der Waals surface area contributed by atoms with Gasteiger partial charge in [0.1, 0.15) is 23.3 Å². The third-order valence-corrected chi connectivity index (χ3v) is 4.85. The molecule has 2 N–H and O–H groups in total. The first-order chi connectivity index (χ1) is 15.5. The summed E-state index contributed by atoms with van der Waals surface area (Å²) in [5, 5.41) is 6.18. The van der Waals surface area contributed by atoms with Crippen LogP contribution in [0.2, 0.25) is 0 Å². The number of aromatic nitrogens is 1. The molecule has 3 rings (SSSR count). The summed E-state index contributed by atoms with van der Waals surface area (Å²) in [7, 11) is 3.17. The minimum absolute atomic E-state index is 0.154. The standard InChI is InChI=1S/C25H25FN4O2/c1-16-10-18(15-29-14-16)23(30-20-11-19(26)12-21(13-20)32-4)25(31)24(28-3)22(27-2)17-8-6-5-7-9-17/h5-15,23,27,30H,3H2,1-2,4H3/b24-22-. The van der Waals surface area contributed by atoms with E-state index in [-0.39, 0.29) is 11.5 Å². The van der Waals surface area contributed by atoms with Crippen LogP contribution in [-0.4, -0.2) is 31.6 Å². The fourth-order valence-electron chi connectivity index (χ4n) is 3.39. The van der Waals surface area contributed by atoms with Crippen molar-refractivity contribution in [2.24, 2.45) is 4.99 Å². The lowest BCUT2D eigenvalue weighted by molar-refractivity contribution is -0.116. The van der Waals surface area contributed by atoms with Gasteiger partial charge in [0.2, 0.25) is 5.78 Å². The predicted molar refractivity (Wildman–Crippen MR) is 125 cm³/mol. The van der Waals surface area contributed by atoms with E-state index in [1.165, 1.54) is 19.2 Å². The number of ether oxygens (including phenoxy) is 1. The van der Waals surface area contributed by atoms with Gasteiger partial charge in [0, 0.05) is 42.8 Å². The number of aliphatic imine (C=N–C) groups is 1. The van der Waals surface area contributed by atoms with Gasteiger partial charge in [-0.2, -0.15) is 0 Å². The smallest absolute Gasteiger partial charge is 0.210 e. The maximum absolute atomic E-state index is 14.1. The van der Waals surface area contributed by atoms with Gasteiger partial charge in [0.05, 0.1) is 12.8 Å². The summed E-state index contributed by atoms with van der Waals surface area (Å²) in [4.78, 5) is 22.0. The van der Waals surface area contributed by atoms with E-state index in [0.29, 0.717) is 22.7 Å². The number of aryl methyl sites for hydroxylation is 1. The van der Waals surface area contributed by atoms with Gasteiger partial charge >= 0.3 is 0 Å². The lowest BCUT2D eigenvalue weighted by Gasteiger charge is -2.21. The highest BCUT2D eigenvalue weighted by Crippen LogP contribution is 2.29. The molecule has 6 nitrogen and oxygen atoms in total. The Morgan fingerprint density at radius 2 is 1.91 bits per heavy atom. The molecule has 0 fully saturated rings. The average molecular weight is 432 g/mol. The van der Waals surface area contributed by atoms with Gasteiger partial charge < -0.3 is 15.4 Å². The Morgan fingerprint density at radius 1 is 1.16 bits per heavy atom. The molecule has 7 heteroatoms. The third kappa shape index (κ3) is 5.18. The van der Waals surface area contributed by atoms with E-state index >= 15 is 0 Å².